The Morgan fingerprint density at radius 3 is 2.80 bits per heavy atom. The minimum atomic E-state index is -1.30. The number of fused-ring (bicyclic) bond motifs is 1. The maximum absolute atomic E-state index is 12.8. The first kappa shape index (κ1) is 18.2. The van der Waals surface area contributed by atoms with Gasteiger partial charge < -0.3 is 15.7 Å². The van der Waals surface area contributed by atoms with E-state index in [4.69, 9.17) is 10.7 Å². The molecule has 1 aliphatic heterocycles. The van der Waals surface area contributed by atoms with Gasteiger partial charge in [-0.15, -0.1) is 0 Å². The molecule has 0 radical (unpaired) electrons. The molecule has 0 spiro atoms. The fourth-order valence-corrected chi connectivity index (χ4v) is 4.15. The van der Waals surface area contributed by atoms with E-state index < -0.39 is 11.4 Å². The van der Waals surface area contributed by atoms with Crippen molar-refractivity contribution in [3.05, 3.63) is 51.7 Å². The molecule has 0 aliphatic carbocycles. The molecule has 11 nitrogen and oxygen atoms in total. The third-order valence-corrected chi connectivity index (χ3v) is 5.86. The second kappa shape index (κ2) is 6.62. The fraction of sp³-hybridized carbons (Fsp3) is 0.222. The van der Waals surface area contributed by atoms with Crippen LogP contribution in [0.15, 0.2) is 29.5 Å². The molecule has 5 rings (SSSR count). The first-order chi connectivity index (χ1) is 14.4. The zero-order chi connectivity index (χ0) is 21.0. The summed E-state index contributed by atoms with van der Waals surface area (Å²) >= 11 is 1.09. The van der Waals surface area contributed by atoms with E-state index >= 15 is 0 Å². The van der Waals surface area contributed by atoms with E-state index in [-0.39, 0.29) is 16.9 Å². The topological polar surface area (TPSA) is 156 Å². The number of aromatic nitrogens is 6. The van der Waals surface area contributed by atoms with Gasteiger partial charge in [0.15, 0.2) is 5.65 Å². The number of rotatable bonds is 4. The number of nitrogen functional groups attached to an aromatic ring is 1. The minimum absolute atomic E-state index is 0.257. The van der Waals surface area contributed by atoms with Gasteiger partial charge in [0.25, 0.3) is 0 Å². The minimum Gasteiger partial charge on any atom is -0.477 e. The van der Waals surface area contributed by atoms with Crippen molar-refractivity contribution < 1.29 is 9.90 Å². The molecule has 1 aliphatic rings. The summed E-state index contributed by atoms with van der Waals surface area (Å²) in [6, 6.07) is 3.62. The second-order valence-corrected chi connectivity index (χ2v) is 7.88. The summed E-state index contributed by atoms with van der Waals surface area (Å²) < 4.78 is 5.50. The van der Waals surface area contributed by atoms with Gasteiger partial charge in [0.1, 0.15) is 23.5 Å². The molecular weight excluding hydrogens is 408 g/mol. The molecule has 152 valence electrons. The van der Waals surface area contributed by atoms with E-state index in [1.807, 2.05) is 6.07 Å². The highest BCUT2D eigenvalue weighted by molar-refractivity contribution is 7.08. The number of nitrogens with one attached hydrogen (secondary N) is 1. The van der Waals surface area contributed by atoms with Crippen LogP contribution in [0.4, 0.5) is 11.6 Å². The van der Waals surface area contributed by atoms with Crippen molar-refractivity contribution in [2.75, 3.05) is 23.7 Å². The number of nitrogens with two attached hydrogens (primary N) is 1. The van der Waals surface area contributed by atoms with Gasteiger partial charge in [-0.2, -0.15) is 9.47 Å². The molecule has 0 unspecified atom stereocenters. The number of carboxylic acids is 1. The van der Waals surface area contributed by atoms with E-state index in [1.165, 1.54) is 17.1 Å². The lowest BCUT2D eigenvalue weighted by atomic mass is 9.96. The number of hydrogen-bond donors (Lipinski definition) is 3. The lowest BCUT2D eigenvalue weighted by Crippen LogP contribution is -2.45. The lowest BCUT2D eigenvalue weighted by molar-refractivity contribution is 0.0695. The monoisotopic (exact) mass is 424 g/mol. The molecule has 0 atom stereocenters. The highest BCUT2D eigenvalue weighted by Gasteiger charge is 2.31. The molecule has 0 amide bonds. The quantitative estimate of drug-likeness (QED) is 0.437. The number of aryl methyl sites for hydroxylation is 1. The maximum Gasteiger partial charge on any atom is 0.341 e. The summed E-state index contributed by atoms with van der Waals surface area (Å²) in [4.78, 5) is 35.4. The van der Waals surface area contributed by atoms with Crippen molar-refractivity contribution in [3.63, 3.8) is 0 Å². The van der Waals surface area contributed by atoms with Gasteiger partial charge in [0.2, 0.25) is 10.6 Å². The van der Waals surface area contributed by atoms with Crippen molar-refractivity contribution in [1.82, 2.24) is 29.1 Å². The van der Waals surface area contributed by atoms with Crippen LogP contribution in [-0.4, -0.2) is 53.3 Å². The molecule has 5 heterocycles. The first-order valence-electron chi connectivity index (χ1n) is 9.05. The van der Waals surface area contributed by atoms with Crippen molar-refractivity contribution >= 4 is 40.2 Å². The summed E-state index contributed by atoms with van der Waals surface area (Å²) in [5, 5.41) is 17.1. The largest absolute Gasteiger partial charge is 0.477 e. The summed E-state index contributed by atoms with van der Waals surface area (Å²) in [6.45, 7) is 3.21. The summed E-state index contributed by atoms with van der Waals surface area (Å²) in [6.07, 6.45) is 2.63. The zero-order valence-corrected chi connectivity index (χ0v) is 16.6. The molecule has 12 heteroatoms. The summed E-state index contributed by atoms with van der Waals surface area (Å²) in [7, 11) is 0. The molecule has 0 bridgehead atoms. The highest BCUT2D eigenvalue weighted by atomic mass is 32.1. The Hall–Kier alpha value is -3.80. The van der Waals surface area contributed by atoms with Crippen LogP contribution in [0.3, 0.4) is 0 Å². The first-order valence-corrected chi connectivity index (χ1v) is 9.83. The Kier molecular flexibility index (Phi) is 4.03. The van der Waals surface area contributed by atoms with Crippen LogP contribution in [0.2, 0.25) is 0 Å². The van der Waals surface area contributed by atoms with Crippen LogP contribution in [0, 0.1) is 6.92 Å². The van der Waals surface area contributed by atoms with Crippen LogP contribution < -0.4 is 16.1 Å². The molecule has 30 heavy (non-hydrogen) atoms. The van der Waals surface area contributed by atoms with Crippen molar-refractivity contribution in [1.29, 1.82) is 0 Å². The number of pyridine rings is 2. The van der Waals surface area contributed by atoms with Crippen LogP contribution in [0.5, 0.6) is 0 Å². The number of aromatic amines is 1. The fourth-order valence-electron chi connectivity index (χ4n) is 3.64. The predicted octanol–water partition coefficient (Wildman–Crippen LogP) is 1.15. The number of H-pyrrole nitrogens is 1. The smallest absolute Gasteiger partial charge is 0.341 e. The number of carbonyl (C=O) groups is 1. The van der Waals surface area contributed by atoms with Gasteiger partial charge in [-0.25, -0.2) is 14.8 Å². The van der Waals surface area contributed by atoms with Gasteiger partial charge in [-0.3, -0.25) is 14.5 Å². The Balaban J connectivity index is 1.61. The molecule has 1 fully saturated rings. The van der Waals surface area contributed by atoms with Gasteiger partial charge in [0.05, 0.1) is 5.39 Å². The van der Waals surface area contributed by atoms with E-state index in [1.54, 1.807) is 13.0 Å². The van der Waals surface area contributed by atoms with Crippen LogP contribution >= 0.6 is 11.5 Å². The normalized spacial score (nSPS) is 14.2. The Morgan fingerprint density at radius 1 is 1.37 bits per heavy atom. The average molecular weight is 424 g/mol. The number of hydrogen-bond acceptors (Lipinski definition) is 9. The van der Waals surface area contributed by atoms with E-state index in [2.05, 4.69) is 24.5 Å². The van der Waals surface area contributed by atoms with E-state index in [0.717, 1.165) is 30.3 Å². The number of aromatic carboxylic acids is 1. The second-order valence-electron chi connectivity index (χ2n) is 7.12. The molecule has 4 aromatic heterocycles. The average Bonchev–Trinajstić information content (AvgIpc) is 3.32. The Morgan fingerprint density at radius 2 is 2.17 bits per heavy atom. The number of nitrogens with zero attached hydrogens (tertiary/aromatic N) is 6. The molecule has 4 aromatic rings. The summed E-state index contributed by atoms with van der Waals surface area (Å²) in [5.41, 5.74) is 6.75. The van der Waals surface area contributed by atoms with Crippen molar-refractivity contribution in [3.8, 4) is 5.13 Å². The van der Waals surface area contributed by atoms with Gasteiger partial charge in [-0.05, 0) is 18.6 Å². The Labute approximate surface area is 173 Å². The van der Waals surface area contributed by atoms with Crippen LogP contribution in [-0.2, 0) is 0 Å². The highest BCUT2D eigenvalue weighted by Crippen LogP contribution is 2.32. The SMILES string of the molecule is Cc1cc(N2CC(c3cc(N)n[nH]3)C2)nc2c1c(=O)c(C(=O)O)cn2-c1ncns1. The molecule has 0 aromatic carbocycles. The Bertz CT molecular complexity index is 1340. The number of anilines is 2. The molecule has 1 saturated heterocycles. The number of carboxylic acid groups (broad SMARTS) is 1. The third-order valence-electron chi connectivity index (χ3n) is 5.19. The lowest BCUT2D eigenvalue weighted by Gasteiger charge is -2.39. The zero-order valence-electron chi connectivity index (χ0n) is 15.7. The van der Waals surface area contributed by atoms with Crippen LogP contribution in [0.25, 0.3) is 16.2 Å². The van der Waals surface area contributed by atoms with E-state index in [9.17, 15) is 14.7 Å². The standard InChI is InChI=1S/C18H16N8O3S/c1-8-2-13(25-4-9(5-25)11-3-12(19)24-23-11)22-16-14(8)15(27)10(17(28)29)6-26(16)18-20-7-21-30-18/h2-3,6-7,9H,4-5H2,1H3,(H,28,29)(H3,19,23,24). The summed E-state index contributed by atoms with van der Waals surface area (Å²) in [5.74, 6) is 0.114. The van der Waals surface area contributed by atoms with Crippen molar-refractivity contribution in [2.24, 2.45) is 0 Å². The predicted molar refractivity (Wildman–Crippen MR) is 110 cm³/mol. The molecule has 4 N–H and O–H groups in total. The van der Waals surface area contributed by atoms with Gasteiger partial charge in [-0.1, -0.05) is 0 Å². The van der Waals surface area contributed by atoms with Gasteiger partial charge in [0, 0.05) is 48.5 Å². The van der Waals surface area contributed by atoms with Gasteiger partial charge >= 0.3 is 5.97 Å². The van der Waals surface area contributed by atoms with Crippen molar-refractivity contribution in [2.45, 2.75) is 12.8 Å². The third kappa shape index (κ3) is 2.80. The molecule has 0 saturated carbocycles. The maximum atomic E-state index is 12.8. The van der Waals surface area contributed by atoms with Crippen LogP contribution in [0.1, 0.15) is 27.5 Å². The van der Waals surface area contributed by atoms with E-state index in [0.29, 0.717) is 28.0 Å². The molecular formula is C18H16N8O3S.